The summed E-state index contributed by atoms with van der Waals surface area (Å²) in [6.07, 6.45) is 0. The highest BCUT2D eigenvalue weighted by atomic mass is 32.1. The molecule has 0 radical (unpaired) electrons. The molecule has 0 saturated heterocycles. The molecule has 0 fully saturated rings. The SMILES string of the molecule is COc1cc2[s+]c3ccccc3nc2c(C)c1C. The average Bonchev–Trinajstić information content (AvgIpc) is 2.41. The molecule has 2 aromatic carbocycles. The van der Waals surface area contributed by atoms with E-state index in [2.05, 4.69) is 32.0 Å². The lowest BCUT2D eigenvalue weighted by atomic mass is 10.1. The summed E-state index contributed by atoms with van der Waals surface area (Å²) in [5.41, 5.74) is 4.51. The Morgan fingerprint density at radius 3 is 2.61 bits per heavy atom. The predicted molar refractivity (Wildman–Crippen MR) is 77.6 cm³/mol. The molecule has 0 aliphatic carbocycles. The van der Waals surface area contributed by atoms with Gasteiger partial charge in [0.25, 0.3) is 9.40 Å². The number of fused-ring (bicyclic) bond motifs is 2. The lowest BCUT2D eigenvalue weighted by Crippen LogP contribution is -1.93. The van der Waals surface area contributed by atoms with Crippen LogP contribution in [0.2, 0.25) is 0 Å². The molecule has 0 aliphatic heterocycles. The lowest BCUT2D eigenvalue weighted by molar-refractivity contribution is 0.412. The third kappa shape index (κ3) is 1.63. The third-order valence-electron chi connectivity index (χ3n) is 3.32. The summed E-state index contributed by atoms with van der Waals surface area (Å²) in [6.45, 7) is 4.18. The zero-order valence-corrected chi connectivity index (χ0v) is 11.5. The monoisotopic (exact) mass is 256 g/mol. The van der Waals surface area contributed by atoms with E-state index in [4.69, 9.17) is 9.72 Å². The molecule has 2 nitrogen and oxygen atoms in total. The van der Waals surface area contributed by atoms with E-state index in [1.54, 1.807) is 18.4 Å². The van der Waals surface area contributed by atoms with Crippen LogP contribution in [-0.4, -0.2) is 12.1 Å². The van der Waals surface area contributed by atoms with Crippen molar-refractivity contribution in [3.63, 3.8) is 0 Å². The molecule has 0 spiro atoms. The molecule has 0 bridgehead atoms. The minimum Gasteiger partial charge on any atom is -0.496 e. The number of nitrogens with zero attached hydrogens (tertiary/aromatic N) is 1. The predicted octanol–water partition coefficient (Wildman–Crippen LogP) is 4.36. The second-order valence-electron chi connectivity index (χ2n) is 4.36. The summed E-state index contributed by atoms with van der Waals surface area (Å²) in [4.78, 5) is 4.77. The van der Waals surface area contributed by atoms with Gasteiger partial charge in [-0.25, -0.2) is 4.98 Å². The van der Waals surface area contributed by atoms with Crippen molar-refractivity contribution in [2.45, 2.75) is 13.8 Å². The van der Waals surface area contributed by atoms with E-state index in [-0.39, 0.29) is 0 Å². The maximum Gasteiger partial charge on any atom is 0.261 e. The minimum atomic E-state index is 0.938. The first-order chi connectivity index (χ1) is 8.70. The van der Waals surface area contributed by atoms with Gasteiger partial charge in [-0.2, -0.15) is 0 Å². The van der Waals surface area contributed by atoms with Gasteiger partial charge in [-0.3, -0.25) is 0 Å². The van der Waals surface area contributed by atoms with Crippen molar-refractivity contribution in [2.75, 3.05) is 7.11 Å². The molecule has 1 aromatic heterocycles. The van der Waals surface area contributed by atoms with Crippen molar-refractivity contribution in [3.05, 3.63) is 41.5 Å². The van der Waals surface area contributed by atoms with Crippen LogP contribution in [0.3, 0.4) is 0 Å². The Morgan fingerprint density at radius 1 is 1.06 bits per heavy atom. The first-order valence-electron chi connectivity index (χ1n) is 5.87. The van der Waals surface area contributed by atoms with Crippen LogP contribution in [0.1, 0.15) is 11.1 Å². The smallest absolute Gasteiger partial charge is 0.261 e. The van der Waals surface area contributed by atoms with Gasteiger partial charge in [0.15, 0.2) is 0 Å². The summed E-state index contributed by atoms with van der Waals surface area (Å²) < 4.78 is 7.80. The Balaban J connectivity index is 2.46. The highest BCUT2D eigenvalue weighted by Crippen LogP contribution is 2.33. The van der Waals surface area contributed by atoms with Crippen LogP contribution < -0.4 is 4.74 Å². The van der Waals surface area contributed by atoms with Crippen LogP contribution in [0.25, 0.3) is 20.4 Å². The summed E-state index contributed by atoms with van der Waals surface area (Å²) in [7, 11) is 1.72. The summed E-state index contributed by atoms with van der Waals surface area (Å²) in [6, 6.07) is 10.3. The van der Waals surface area contributed by atoms with Crippen LogP contribution in [0.15, 0.2) is 30.3 Å². The zero-order chi connectivity index (χ0) is 12.7. The number of ether oxygens (including phenoxy) is 1. The number of aryl methyl sites for hydroxylation is 1. The number of aromatic nitrogens is 1. The van der Waals surface area contributed by atoms with Gasteiger partial charge in [-0.1, -0.05) is 12.1 Å². The topological polar surface area (TPSA) is 22.1 Å². The number of hydrogen-bond donors (Lipinski definition) is 0. The third-order valence-corrected chi connectivity index (χ3v) is 4.42. The summed E-state index contributed by atoms with van der Waals surface area (Å²) >= 11 is 1.76. The quantitative estimate of drug-likeness (QED) is 0.477. The highest BCUT2D eigenvalue weighted by molar-refractivity contribution is 7.24. The van der Waals surface area contributed by atoms with Crippen molar-refractivity contribution < 1.29 is 4.74 Å². The Labute approximate surface area is 110 Å². The molecule has 0 saturated carbocycles. The van der Waals surface area contributed by atoms with Crippen molar-refractivity contribution in [3.8, 4) is 5.75 Å². The molecule has 0 unspecified atom stereocenters. The molecular formula is C15H14NOS+. The van der Waals surface area contributed by atoms with Crippen molar-refractivity contribution in [1.29, 1.82) is 0 Å². The van der Waals surface area contributed by atoms with E-state index in [1.807, 2.05) is 12.1 Å². The molecule has 3 aromatic rings. The average molecular weight is 256 g/mol. The van der Waals surface area contributed by atoms with E-state index >= 15 is 0 Å². The van der Waals surface area contributed by atoms with E-state index in [9.17, 15) is 0 Å². The van der Waals surface area contributed by atoms with Crippen LogP contribution in [0, 0.1) is 13.8 Å². The Morgan fingerprint density at radius 2 is 1.83 bits per heavy atom. The number of hydrogen-bond acceptors (Lipinski definition) is 2. The highest BCUT2D eigenvalue weighted by Gasteiger charge is 2.17. The number of benzene rings is 2. The van der Waals surface area contributed by atoms with E-state index in [0.717, 1.165) is 16.8 Å². The molecule has 18 heavy (non-hydrogen) atoms. The number of methoxy groups -OCH3 is 1. The lowest BCUT2D eigenvalue weighted by Gasteiger charge is -2.07. The molecule has 0 amide bonds. The Bertz CT molecular complexity index is 752. The maximum atomic E-state index is 5.42. The first kappa shape index (κ1) is 11.4. The number of rotatable bonds is 1. The van der Waals surface area contributed by atoms with Gasteiger partial charge in [-0.05, 0) is 31.0 Å². The van der Waals surface area contributed by atoms with Gasteiger partial charge in [0, 0.05) is 12.1 Å². The second kappa shape index (κ2) is 4.18. The minimum absolute atomic E-state index is 0.938. The van der Waals surface area contributed by atoms with Gasteiger partial charge >= 0.3 is 0 Å². The molecule has 90 valence electrons. The van der Waals surface area contributed by atoms with E-state index in [1.165, 1.54) is 20.5 Å². The van der Waals surface area contributed by atoms with Crippen LogP contribution in [0.4, 0.5) is 0 Å². The molecule has 1 heterocycles. The fraction of sp³-hybridized carbons (Fsp3) is 0.200. The molecular weight excluding hydrogens is 242 g/mol. The summed E-state index contributed by atoms with van der Waals surface area (Å²) in [5.74, 6) is 0.938. The largest absolute Gasteiger partial charge is 0.496 e. The van der Waals surface area contributed by atoms with Crippen LogP contribution >= 0.6 is 11.3 Å². The molecule has 0 atom stereocenters. The maximum absolute atomic E-state index is 5.42. The fourth-order valence-electron chi connectivity index (χ4n) is 2.15. The van der Waals surface area contributed by atoms with Gasteiger partial charge < -0.3 is 4.74 Å². The molecule has 3 heteroatoms. The normalized spacial score (nSPS) is 11.1. The van der Waals surface area contributed by atoms with Gasteiger partial charge in [0.05, 0.1) is 7.11 Å². The second-order valence-corrected chi connectivity index (χ2v) is 5.44. The van der Waals surface area contributed by atoms with Gasteiger partial charge in [0.2, 0.25) is 11.3 Å². The van der Waals surface area contributed by atoms with Crippen LogP contribution in [0.5, 0.6) is 5.75 Å². The molecule has 0 aliphatic rings. The van der Waals surface area contributed by atoms with E-state index < -0.39 is 0 Å². The summed E-state index contributed by atoms with van der Waals surface area (Å²) in [5, 5.41) is 0. The van der Waals surface area contributed by atoms with Gasteiger partial charge in [0.1, 0.15) is 16.8 Å². The van der Waals surface area contributed by atoms with Crippen molar-refractivity contribution in [1.82, 2.24) is 4.98 Å². The number of para-hydroxylation sites is 1. The van der Waals surface area contributed by atoms with E-state index in [0.29, 0.717) is 0 Å². The Hall–Kier alpha value is -1.74. The zero-order valence-electron chi connectivity index (χ0n) is 10.7. The van der Waals surface area contributed by atoms with Crippen molar-refractivity contribution >= 4 is 31.8 Å². The fourth-order valence-corrected chi connectivity index (χ4v) is 3.21. The first-order valence-corrected chi connectivity index (χ1v) is 6.69. The molecule has 3 rings (SSSR count). The Kier molecular flexibility index (Phi) is 2.63. The van der Waals surface area contributed by atoms with Crippen molar-refractivity contribution in [2.24, 2.45) is 0 Å². The molecule has 0 N–H and O–H groups in total. The van der Waals surface area contributed by atoms with Gasteiger partial charge in [-0.15, -0.1) is 0 Å². The standard InChI is InChI=1S/C15H14NOS/c1-9-10(2)15-14(8-12(9)17-3)18-13-7-5-4-6-11(13)16-15/h4-8H,1-3H3/q+1. The van der Waals surface area contributed by atoms with Crippen LogP contribution in [-0.2, 0) is 0 Å².